The van der Waals surface area contributed by atoms with E-state index in [0.29, 0.717) is 18.3 Å². The number of hydrogen-bond acceptors (Lipinski definition) is 4. The molecule has 0 bridgehead atoms. The minimum Gasteiger partial charge on any atom is -0.477 e. The molecule has 5 heteroatoms. The van der Waals surface area contributed by atoms with E-state index in [-0.39, 0.29) is 5.69 Å². The molecule has 19 heavy (non-hydrogen) atoms. The Morgan fingerprint density at radius 1 is 1.47 bits per heavy atom. The average Bonchev–Trinajstić information content (AvgIpc) is 2.41. The lowest BCUT2D eigenvalue weighted by atomic mass is 9.79. The van der Waals surface area contributed by atoms with Crippen LogP contribution in [0.3, 0.4) is 0 Å². The number of nitrogens with one attached hydrogen (secondary N) is 1. The number of aliphatic hydroxyl groups is 1. The van der Waals surface area contributed by atoms with Crippen molar-refractivity contribution >= 4 is 11.8 Å². The normalized spacial score (nSPS) is 26.9. The van der Waals surface area contributed by atoms with Crippen LogP contribution in [0.15, 0.2) is 18.2 Å². The molecule has 1 heterocycles. The Balaban J connectivity index is 1.95. The highest BCUT2D eigenvalue weighted by Gasteiger charge is 2.31. The molecule has 1 aliphatic rings. The Bertz CT molecular complexity index is 454. The lowest BCUT2D eigenvalue weighted by Crippen LogP contribution is -2.40. The van der Waals surface area contributed by atoms with E-state index in [4.69, 9.17) is 5.11 Å². The third-order valence-electron chi connectivity index (χ3n) is 3.77. The molecular weight excluding hydrogens is 244 g/mol. The Labute approximate surface area is 112 Å². The van der Waals surface area contributed by atoms with Gasteiger partial charge in [0.1, 0.15) is 5.82 Å². The number of hydrogen-bond donors (Lipinski definition) is 3. The zero-order valence-corrected chi connectivity index (χ0v) is 11.1. The molecule has 3 N–H and O–H groups in total. The molecule has 0 amide bonds. The van der Waals surface area contributed by atoms with Crippen LogP contribution in [0.25, 0.3) is 0 Å². The number of carboxylic acid groups (broad SMARTS) is 1. The molecule has 1 aromatic heterocycles. The number of anilines is 1. The SMILES string of the molecule is CC1CCC(O)(CNc2cccc(C(=O)O)n2)CC1. The van der Waals surface area contributed by atoms with E-state index in [2.05, 4.69) is 17.2 Å². The van der Waals surface area contributed by atoms with E-state index >= 15 is 0 Å². The van der Waals surface area contributed by atoms with Crippen LogP contribution in [0, 0.1) is 5.92 Å². The summed E-state index contributed by atoms with van der Waals surface area (Å²) in [4.78, 5) is 14.8. The largest absolute Gasteiger partial charge is 0.477 e. The zero-order chi connectivity index (χ0) is 13.9. The van der Waals surface area contributed by atoms with Gasteiger partial charge in [-0.2, -0.15) is 0 Å². The van der Waals surface area contributed by atoms with Crippen molar-refractivity contribution in [2.75, 3.05) is 11.9 Å². The molecule has 1 saturated carbocycles. The first-order chi connectivity index (χ1) is 8.98. The fourth-order valence-electron chi connectivity index (χ4n) is 2.38. The van der Waals surface area contributed by atoms with E-state index in [1.165, 1.54) is 6.07 Å². The van der Waals surface area contributed by atoms with Crippen molar-refractivity contribution in [2.24, 2.45) is 5.92 Å². The van der Waals surface area contributed by atoms with Gasteiger partial charge in [0.2, 0.25) is 0 Å². The predicted octanol–water partition coefficient (Wildman–Crippen LogP) is 2.13. The lowest BCUT2D eigenvalue weighted by molar-refractivity contribution is 0.00495. The van der Waals surface area contributed by atoms with Gasteiger partial charge in [0.05, 0.1) is 5.60 Å². The van der Waals surface area contributed by atoms with Crippen molar-refractivity contribution < 1.29 is 15.0 Å². The van der Waals surface area contributed by atoms with E-state index in [0.717, 1.165) is 25.7 Å². The van der Waals surface area contributed by atoms with Crippen molar-refractivity contribution in [3.8, 4) is 0 Å². The third-order valence-corrected chi connectivity index (χ3v) is 3.77. The molecular formula is C14H20N2O3. The first-order valence-electron chi connectivity index (χ1n) is 6.65. The minimum atomic E-state index is -1.05. The van der Waals surface area contributed by atoms with Gasteiger partial charge in [0, 0.05) is 6.54 Å². The molecule has 0 spiro atoms. The van der Waals surface area contributed by atoms with E-state index in [1.54, 1.807) is 12.1 Å². The molecule has 5 nitrogen and oxygen atoms in total. The lowest BCUT2D eigenvalue weighted by Gasteiger charge is -2.35. The summed E-state index contributed by atoms with van der Waals surface area (Å²) in [6, 6.07) is 4.80. The van der Waals surface area contributed by atoms with Crippen molar-refractivity contribution in [3.05, 3.63) is 23.9 Å². The number of nitrogens with zero attached hydrogens (tertiary/aromatic N) is 1. The summed E-state index contributed by atoms with van der Waals surface area (Å²) >= 11 is 0. The first-order valence-corrected chi connectivity index (χ1v) is 6.65. The molecule has 1 aliphatic carbocycles. The maximum Gasteiger partial charge on any atom is 0.354 e. The van der Waals surface area contributed by atoms with Gasteiger partial charge in [-0.05, 0) is 43.7 Å². The first kappa shape index (κ1) is 13.8. The smallest absolute Gasteiger partial charge is 0.354 e. The number of aromatic carboxylic acids is 1. The highest BCUT2D eigenvalue weighted by Crippen LogP contribution is 2.31. The van der Waals surface area contributed by atoms with Gasteiger partial charge in [-0.3, -0.25) is 0 Å². The van der Waals surface area contributed by atoms with Crippen LogP contribution in [-0.4, -0.2) is 33.3 Å². The van der Waals surface area contributed by atoms with Crippen LogP contribution in [0.4, 0.5) is 5.82 Å². The van der Waals surface area contributed by atoms with Gasteiger partial charge in [-0.1, -0.05) is 13.0 Å². The third kappa shape index (κ3) is 3.67. The molecule has 0 saturated heterocycles. The standard InChI is InChI=1S/C14H20N2O3/c1-10-5-7-14(19,8-6-10)9-15-12-4-2-3-11(16-12)13(17)18/h2-4,10,19H,5-9H2,1H3,(H,15,16)(H,17,18). The van der Waals surface area contributed by atoms with Gasteiger partial charge in [0.15, 0.2) is 5.69 Å². The molecule has 1 aromatic rings. The van der Waals surface area contributed by atoms with E-state index in [9.17, 15) is 9.90 Å². The molecule has 104 valence electrons. The highest BCUT2D eigenvalue weighted by atomic mass is 16.4. The van der Waals surface area contributed by atoms with Crippen LogP contribution >= 0.6 is 0 Å². The van der Waals surface area contributed by atoms with Gasteiger partial charge in [-0.25, -0.2) is 9.78 Å². The number of aromatic nitrogens is 1. The Kier molecular flexibility index (Phi) is 4.04. The van der Waals surface area contributed by atoms with Crippen molar-refractivity contribution in [3.63, 3.8) is 0 Å². The summed E-state index contributed by atoms with van der Waals surface area (Å²) in [5.41, 5.74) is -0.692. The molecule has 0 aliphatic heterocycles. The van der Waals surface area contributed by atoms with Crippen LogP contribution in [0.2, 0.25) is 0 Å². The molecule has 0 aromatic carbocycles. The maximum absolute atomic E-state index is 10.8. The number of carbonyl (C=O) groups is 1. The summed E-state index contributed by atoms with van der Waals surface area (Å²) in [6.07, 6.45) is 3.61. The Hall–Kier alpha value is -1.62. The van der Waals surface area contributed by atoms with Crippen molar-refractivity contribution in [1.82, 2.24) is 4.98 Å². The molecule has 0 unspecified atom stereocenters. The van der Waals surface area contributed by atoms with Gasteiger partial charge >= 0.3 is 5.97 Å². The maximum atomic E-state index is 10.8. The number of rotatable bonds is 4. The predicted molar refractivity (Wildman–Crippen MR) is 72.3 cm³/mol. The second-order valence-corrected chi connectivity index (χ2v) is 5.47. The minimum absolute atomic E-state index is 0.00857. The second kappa shape index (κ2) is 5.57. The topological polar surface area (TPSA) is 82.5 Å². The van der Waals surface area contributed by atoms with E-state index < -0.39 is 11.6 Å². The summed E-state index contributed by atoms with van der Waals surface area (Å²) in [5, 5.41) is 22.3. The fourth-order valence-corrected chi connectivity index (χ4v) is 2.38. The molecule has 0 radical (unpaired) electrons. The fraction of sp³-hybridized carbons (Fsp3) is 0.571. The zero-order valence-electron chi connectivity index (χ0n) is 11.1. The van der Waals surface area contributed by atoms with Crippen molar-refractivity contribution in [2.45, 2.75) is 38.2 Å². The molecule has 0 atom stereocenters. The summed E-state index contributed by atoms with van der Waals surface area (Å²) in [5.74, 6) is 0.120. The molecule has 2 rings (SSSR count). The van der Waals surface area contributed by atoms with Crippen molar-refractivity contribution in [1.29, 1.82) is 0 Å². The van der Waals surface area contributed by atoms with Crippen LogP contribution in [0.5, 0.6) is 0 Å². The van der Waals surface area contributed by atoms with E-state index in [1.807, 2.05) is 0 Å². The summed E-state index contributed by atoms with van der Waals surface area (Å²) in [6.45, 7) is 2.61. The number of carboxylic acids is 1. The average molecular weight is 264 g/mol. The van der Waals surface area contributed by atoms with Gasteiger partial charge < -0.3 is 15.5 Å². The summed E-state index contributed by atoms with van der Waals surface area (Å²) in [7, 11) is 0. The van der Waals surface area contributed by atoms with Gasteiger partial charge in [-0.15, -0.1) is 0 Å². The monoisotopic (exact) mass is 264 g/mol. The highest BCUT2D eigenvalue weighted by molar-refractivity contribution is 5.85. The second-order valence-electron chi connectivity index (χ2n) is 5.47. The Morgan fingerprint density at radius 2 is 2.16 bits per heavy atom. The Morgan fingerprint density at radius 3 is 2.79 bits per heavy atom. The summed E-state index contributed by atoms with van der Waals surface area (Å²) < 4.78 is 0. The number of pyridine rings is 1. The molecule has 1 fully saturated rings. The van der Waals surface area contributed by atoms with Crippen LogP contribution in [0.1, 0.15) is 43.1 Å². The van der Waals surface area contributed by atoms with Gasteiger partial charge in [0.25, 0.3) is 0 Å². The quantitative estimate of drug-likeness (QED) is 0.776. The van der Waals surface area contributed by atoms with Crippen LogP contribution < -0.4 is 5.32 Å². The van der Waals surface area contributed by atoms with Crippen LogP contribution in [-0.2, 0) is 0 Å².